The molecule has 2 rings (SSSR count). The number of alkyl halides is 3. The summed E-state index contributed by atoms with van der Waals surface area (Å²) in [6, 6.07) is 7.98. The first-order valence-electron chi connectivity index (χ1n) is 8.20. The highest BCUT2D eigenvalue weighted by Crippen LogP contribution is 2.29. The van der Waals surface area contributed by atoms with Crippen LogP contribution in [0.15, 0.2) is 42.5 Å². The van der Waals surface area contributed by atoms with E-state index in [9.17, 15) is 26.4 Å². The maximum Gasteiger partial charge on any atom is 0.573 e. The van der Waals surface area contributed by atoms with Gasteiger partial charge in [0, 0.05) is 10.7 Å². The summed E-state index contributed by atoms with van der Waals surface area (Å²) in [5, 5.41) is 2.77. The third-order valence-corrected chi connectivity index (χ3v) is 5.32. The van der Waals surface area contributed by atoms with Crippen LogP contribution in [0.1, 0.15) is 12.5 Å². The molecular formula is C18H18ClF3N2O4S. The van der Waals surface area contributed by atoms with Crippen molar-refractivity contribution >= 4 is 38.9 Å². The number of amides is 1. The Bertz CT molecular complexity index is 995. The zero-order chi connectivity index (χ0) is 22.0. The number of rotatable bonds is 6. The topological polar surface area (TPSA) is 75.7 Å². The van der Waals surface area contributed by atoms with Crippen molar-refractivity contribution in [2.45, 2.75) is 26.3 Å². The first-order valence-corrected chi connectivity index (χ1v) is 10.4. The quantitative estimate of drug-likeness (QED) is 0.710. The van der Waals surface area contributed by atoms with Gasteiger partial charge in [-0.3, -0.25) is 9.10 Å². The highest BCUT2D eigenvalue weighted by molar-refractivity contribution is 7.92. The second-order valence-corrected chi connectivity index (χ2v) is 8.52. The molecule has 2 aromatic rings. The number of sulfonamides is 1. The summed E-state index contributed by atoms with van der Waals surface area (Å²) < 4.78 is 66.0. The smallest absolute Gasteiger partial charge is 0.406 e. The van der Waals surface area contributed by atoms with Crippen molar-refractivity contribution in [3.05, 3.63) is 53.1 Å². The van der Waals surface area contributed by atoms with E-state index in [1.165, 1.54) is 25.1 Å². The molecule has 0 heterocycles. The van der Waals surface area contributed by atoms with Gasteiger partial charge in [-0.15, -0.1) is 13.2 Å². The second kappa shape index (κ2) is 8.50. The molecule has 29 heavy (non-hydrogen) atoms. The Morgan fingerprint density at radius 3 is 2.28 bits per heavy atom. The number of aryl methyl sites for hydroxylation is 1. The van der Waals surface area contributed by atoms with Crippen LogP contribution >= 0.6 is 11.6 Å². The minimum absolute atomic E-state index is 0.174. The Morgan fingerprint density at radius 1 is 1.17 bits per heavy atom. The van der Waals surface area contributed by atoms with E-state index in [0.29, 0.717) is 10.6 Å². The molecule has 2 aromatic carbocycles. The second-order valence-electron chi connectivity index (χ2n) is 6.23. The number of ether oxygens (including phenoxy) is 1. The van der Waals surface area contributed by atoms with E-state index in [0.717, 1.165) is 22.7 Å². The summed E-state index contributed by atoms with van der Waals surface area (Å²) in [5.41, 5.74) is 1.01. The number of benzene rings is 2. The van der Waals surface area contributed by atoms with Gasteiger partial charge in [-0.25, -0.2) is 8.42 Å². The lowest BCUT2D eigenvalue weighted by atomic mass is 10.1. The Labute approximate surface area is 171 Å². The van der Waals surface area contributed by atoms with Crippen LogP contribution in [-0.2, 0) is 14.8 Å². The summed E-state index contributed by atoms with van der Waals surface area (Å²) in [7, 11) is -3.85. The first kappa shape index (κ1) is 22.8. The minimum atomic E-state index is -4.83. The van der Waals surface area contributed by atoms with Gasteiger partial charge in [0.15, 0.2) is 0 Å². The van der Waals surface area contributed by atoms with Gasteiger partial charge < -0.3 is 10.1 Å². The summed E-state index contributed by atoms with van der Waals surface area (Å²) in [6.07, 6.45) is -3.87. The zero-order valence-electron chi connectivity index (χ0n) is 15.6. The summed E-state index contributed by atoms with van der Waals surface area (Å²) in [6.45, 7) is 3.06. The van der Waals surface area contributed by atoms with Gasteiger partial charge in [0.2, 0.25) is 15.9 Å². The van der Waals surface area contributed by atoms with Crippen LogP contribution < -0.4 is 14.4 Å². The molecule has 0 spiro atoms. The molecule has 11 heteroatoms. The molecule has 1 N–H and O–H groups in total. The summed E-state index contributed by atoms with van der Waals surface area (Å²) >= 11 is 5.97. The standard InChI is InChI=1S/C18H18ClF3N2O4S/c1-11-4-5-13(19)10-16(11)24(29(3,26)27)12(2)17(25)23-14-6-8-15(9-7-14)28-18(20,21)22/h4-10,12H,1-3H3,(H,23,25)/t12-/m0/s1. The predicted molar refractivity (Wildman–Crippen MR) is 105 cm³/mol. The Balaban J connectivity index is 2.25. The van der Waals surface area contributed by atoms with E-state index in [1.807, 2.05) is 0 Å². The number of hydrogen-bond acceptors (Lipinski definition) is 4. The molecule has 0 bridgehead atoms. The zero-order valence-corrected chi connectivity index (χ0v) is 17.2. The van der Waals surface area contributed by atoms with Crippen LogP contribution in [0.3, 0.4) is 0 Å². The molecule has 0 radical (unpaired) electrons. The largest absolute Gasteiger partial charge is 0.573 e. The minimum Gasteiger partial charge on any atom is -0.406 e. The summed E-state index contributed by atoms with van der Waals surface area (Å²) in [5.74, 6) is -1.13. The molecule has 158 valence electrons. The fraction of sp³-hybridized carbons (Fsp3) is 0.278. The number of nitrogens with one attached hydrogen (secondary N) is 1. The summed E-state index contributed by atoms with van der Waals surface area (Å²) in [4.78, 5) is 12.6. The lowest BCUT2D eigenvalue weighted by molar-refractivity contribution is -0.274. The van der Waals surface area contributed by atoms with E-state index < -0.39 is 34.1 Å². The fourth-order valence-corrected chi connectivity index (χ4v) is 3.98. The van der Waals surface area contributed by atoms with E-state index in [2.05, 4.69) is 10.1 Å². The Kier molecular flexibility index (Phi) is 6.69. The fourth-order valence-electron chi connectivity index (χ4n) is 2.59. The number of nitrogens with zero attached hydrogens (tertiary/aromatic N) is 1. The van der Waals surface area contributed by atoms with E-state index in [4.69, 9.17) is 11.6 Å². The van der Waals surface area contributed by atoms with Crippen LogP contribution in [0, 0.1) is 6.92 Å². The normalized spacial score (nSPS) is 12.9. The Hall–Kier alpha value is -2.46. The van der Waals surface area contributed by atoms with Crippen molar-refractivity contribution in [3.8, 4) is 5.75 Å². The lowest BCUT2D eigenvalue weighted by Crippen LogP contribution is -2.45. The van der Waals surface area contributed by atoms with Gasteiger partial charge in [0.1, 0.15) is 11.8 Å². The molecule has 0 saturated carbocycles. The highest BCUT2D eigenvalue weighted by atomic mass is 35.5. The van der Waals surface area contributed by atoms with E-state index in [-0.39, 0.29) is 11.4 Å². The monoisotopic (exact) mass is 450 g/mol. The van der Waals surface area contributed by atoms with Crippen molar-refractivity contribution in [3.63, 3.8) is 0 Å². The number of carbonyl (C=O) groups excluding carboxylic acids is 1. The van der Waals surface area contributed by atoms with E-state index in [1.54, 1.807) is 19.1 Å². The number of halogens is 4. The molecule has 0 aromatic heterocycles. The number of carbonyl (C=O) groups is 1. The van der Waals surface area contributed by atoms with Crippen LogP contribution in [-0.4, -0.2) is 33.0 Å². The molecule has 6 nitrogen and oxygen atoms in total. The van der Waals surface area contributed by atoms with Gasteiger partial charge in [0.25, 0.3) is 0 Å². The van der Waals surface area contributed by atoms with Gasteiger partial charge in [-0.05, 0) is 55.8 Å². The maximum absolute atomic E-state index is 12.6. The number of anilines is 2. The van der Waals surface area contributed by atoms with Gasteiger partial charge in [-0.2, -0.15) is 0 Å². The maximum atomic E-state index is 12.6. The molecule has 0 aliphatic rings. The van der Waals surface area contributed by atoms with Gasteiger partial charge in [0.05, 0.1) is 11.9 Å². The molecule has 1 amide bonds. The van der Waals surface area contributed by atoms with Crippen LogP contribution in [0.4, 0.5) is 24.5 Å². The van der Waals surface area contributed by atoms with Crippen LogP contribution in [0.2, 0.25) is 5.02 Å². The first-order chi connectivity index (χ1) is 13.3. The molecule has 0 unspecified atom stereocenters. The van der Waals surface area contributed by atoms with Crippen molar-refractivity contribution in [2.24, 2.45) is 0 Å². The number of hydrogen-bond donors (Lipinski definition) is 1. The highest BCUT2D eigenvalue weighted by Gasteiger charge is 2.32. The van der Waals surface area contributed by atoms with Crippen LogP contribution in [0.5, 0.6) is 5.75 Å². The predicted octanol–water partition coefficient (Wildman–Crippen LogP) is 4.34. The molecule has 1 atom stereocenters. The van der Waals surface area contributed by atoms with Crippen molar-refractivity contribution in [1.29, 1.82) is 0 Å². The van der Waals surface area contributed by atoms with Gasteiger partial charge in [-0.1, -0.05) is 17.7 Å². The van der Waals surface area contributed by atoms with Gasteiger partial charge >= 0.3 is 6.36 Å². The SMILES string of the molecule is Cc1ccc(Cl)cc1N([C@@H](C)C(=O)Nc1ccc(OC(F)(F)F)cc1)S(C)(=O)=O. The molecule has 0 fully saturated rings. The Morgan fingerprint density at radius 2 is 1.76 bits per heavy atom. The molecule has 0 aliphatic carbocycles. The van der Waals surface area contributed by atoms with Crippen molar-refractivity contribution in [1.82, 2.24) is 0 Å². The van der Waals surface area contributed by atoms with Crippen molar-refractivity contribution in [2.75, 3.05) is 15.9 Å². The third kappa shape index (κ3) is 6.26. The average Bonchev–Trinajstić information content (AvgIpc) is 2.57. The average molecular weight is 451 g/mol. The third-order valence-electron chi connectivity index (χ3n) is 3.85. The molecule has 0 aliphatic heterocycles. The lowest BCUT2D eigenvalue weighted by Gasteiger charge is -2.29. The van der Waals surface area contributed by atoms with Crippen molar-refractivity contribution < 1.29 is 31.1 Å². The van der Waals surface area contributed by atoms with Crippen LogP contribution in [0.25, 0.3) is 0 Å². The molecular weight excluding hydrogens is 433 g/mol. The molecule has 0 saturated heterocycles. The van der Waals surface area contributed by atoms with E-state index >= 15 is 0 Å².